The first-order valence-corrected chi connectivity index (χ1v) is 19.7. The molecule has 11 nitrogen and oxygen atoms in total. The molecule has 0 fully saturated rings. The Morgan fingerprint density at radius 1 is 0.696 bits per heavy atom. The van der Waals surface area contributed by atoms with Crippen molar-refractivity contribution in [2.75, 3.05) is 26.4 Å². The van der Waals surface area contributed by atoms with Gasteiger partial charge in [0.15, 0.2) is 6.10 Å². The summed E-state index contributed by atoms with van der Waals surface area (Å²) in [5.41, 5.74) is 0. The molecule has 0 aliphatic heterocycles. The lowest BCUT2D eigenvalue weighted by atomic mass is 10.1. The SMILES string of the molecule is CCCCCCCCCCCCCC(=O)O[C@H](COC(=[O+])CCCCCCCCCCCCC)CO[P+]([O-])(O[NH3+])OC[C@@H](O)CO. The van der Waals surface area contributed by atoms with Crippen LogP contribution in [0.4, 0.5) is 0 Å². The number of phosphoric ester groups is 1. The Morgan fingerprint density at radius 3 is 1.54 bits per heavy atom. The highest BCUT2D eigenvalue weighted by Gasteiger charge is 2.39. The molecular weight excluding hydrogens is 613 g/mol. The number of unbranched alkanes of at least 4 members (excludes halogenated alkanes) is 20. The number of rotatable bonds is 35. The molecule has 5 N–H and O–H groups in total. The van der Waals surface area contributed by atoms with Gasteiger partial charge in [0.25, 0.3) is 0 Å². The average molecular weight is 683 g/mol. The first-order chi connectivity index (χ1) is 22.3. The molecule has 1 unspecified atom stereocenters. The van der Waals surface area contributed by atoms with Gasteiger partial charge in [-0.15, -0.1) is 0 Å². The fourth-order valence-corrected chi connectivity index (χ4v) is 5.93. The summed E-state index contributed by atoms with van der Waals surface area (Å²) in [6.45, 7) is 2.63. The van der Waals surface area contributed by atoms with E-state index in [0.29, 0.717) is 6.42 Å². The minimum Gasteiger partial charge on any atom is -0.601 e. The van der Waals surface area contributed by atoms with Crippen LogP contribution in [0.1, 0.15) is 168 Å². The molecule has 1 radical (unpaired) electrons. The molecule has 3 atom stereocenters. The monoisotopic (exact) mass is 682 g/mol. The van der Waals surface area contributed by atoms with Crippen LogP contribution >= 0.6 is 8.17 Å². The van der Waals surface area contributed by atoms with Crippen molar-refractivity contribution in [1.29, 1.82) is 0 Å². The lowest BCUT2D eigenvalue weighted by molar-refractivity contribution is -0.656. The molecule has 12 heteroatoms. The second-order valence-electron chi connectivity index (χ2n) is 12.4. The molecule has 0 aromatic rings. The van der Waals surface area contributed by atoms with Crippen molar-refractivity contribution in [1.82, 2.24) is 0 Å². The van der Waals surface area contributed by atoms with Crippen molar-refractivity contribution in [3.05, 3.63) is 0 Å². The van der Waals surface area contributed by atoms with Crippen LogP contribution in [-0.2, 0) is 32.7 Å². The van der Waals surface area contributed by atoms with E-state index in [2.05, 4.69) is 24.4 Å². The van der Waals surface area contributed by atoms with Gasteiger partial charge >= 0.3 is 20.1 Å². The van der Waals surface area contributed by atoms with Gasteiger partial charge in [0.05, 0.1) is 6.61 Å². The van der Waals surface area contributed by atoms with E-state index in [1.54, 1.807) is 0 Å². The maximum atomic E-state index is 12.7. The zero-order valence-corrected chi connectivity index (χ0v) is 30.2. The lowest BCUT2D eigenvalue weighted by Gasteiger charge is -2.22. The van der Waals surface area contributed by atoms with E-state index in [1.165, 1.54) is 96.3 Å². The zero-order chi connectivity index (χ0) is 34.1. The highest BCUT2D eigenvalue weighted by Crippen LogP contribution is 2.51. The summed E-state index contributed by atoms with van der Waals surface area (Å²) in [5.74, 6) is 2.23. The summed E-state index contributed by atoms with van der Waals surface area (Å²) >= 11 is 0. The summed E-state index contributed by atoms with van der Waals surface area (Å²) in [5, 5.41) is 18.4. The van der Waals surface area contributed by atoms with Gasteiger partial charge < -0.3 is 24.6 Å². The van der Waals surface area contributed by atoms with E-state index in [-0.39, 0.29) is 19.4 Å². The Morgan fingerprint density at radius 2 is 1.11 bits per heavy atom. The van der Waals surface area contributed by atoms with E-state index in [4.69, 9.17) is 23.6 Å². The summed E-state index contributed by atoms with van der Waals surface area (Å²) < 4.78 is 25.7. The number of carbonyl (C=O) groups excluding carboxylic acids is 2. The molecule has 46 heavy (non-hydrogen) atoms. The third-order valence-electron chi connectivity index (χ3n) is 7.91. The highest BCUT2D eigenvalue weighted by molar-refractivity contribution is 7.53. The molecule has 273 valence electrons. The van der Waals surface area contributed by atoms with Crippen LogP contribution in [0.25, 0.3) is 0 Å². The summed E-state index contributed by atoms with van der Waals surface area (Å²) in [6, 6.07) is 0. The molecule has 0 bridgehead atoms. The number of aliphatic hydroxyl groups excluding tert-OH is 2. The number of hydrogen-bond acceptors (Lipinski definition) is 10. The number of carbonyl (C=O) groups is 2. The predicted molar refractivity (Wildman–Crippen MR) is 179 cm³/mol. The third-order valence-corrected chi connectivity index (χ3v) is 9.16. The van der Waals surface area contributed by atoms with E-state index in [1.807, 2.05) is 0 Å². The van der Waals surface area contributed by atoms with E-state index < -0.39 is 52.1 Å². The first-order valence-electron chi connectivity index (χ1n) is 18.3. The fraction of sp³-hybridized carbons (Fsp3) is 0.941. The van der Waals surface area contributed by atoms with Gasteiger partial charge in [0.2, 0.25) is 6.61 Å². The molecule has 0 amide bonds. The standard InChI is InChI=1S/C34H69NO10P/c1-3-5-7-9-11-13-15-17-19-21-23-25-33(38)41-29-32(30-43-46(40,45-35)42-28-31(37)27-36)44-34(39)26-24-22-20-18-16-14-12-10-8-6-4-2/h31-32,36-37H,3-30H2,1-2,35H3/q+2/t31-,32+,46?/m0/s1. The largest absolute Gasteiger partial charge is 0.601 e. The third kappa shape index (κ3) is 29.2. The molecule has 0 saturated heterocycles. The minimum absolute atomic E-state index is 0.211. The van der Waals surface area contributed by atoms with E-state index >= 15 is 0 Å². The summed E-state index contributed by atoms with van der Waals surface area (Å²) in [4.78, 5) is 37.6. The second kappa shape index (κ2) is 32.6. The molecule has 0 aliphatic rings. The smallest absolute Gasteiger partial charge is 0.574 e. The summed E-state index contributed by atoms with van der Waals surface area (Å²) in [6.07, 6.45) is 23.9. The van der Waals surface area contributed by atoms with Crippen LogP contribution in [-0.4, -0.2) is 60.8 Å². The Balaban J connectivity index is 4.49. The van der Waals surface area contributed by atoms with Gasteiger partial charge in [0.1, 0.15) is 25.7 Å². The normalized spacial score (nSPS) is 14.1. The van der Waals surface area contributed by atoms with Crippen LogP contribution in [0.3, 0.4) is 0 Å². The number of phosphoric acid groups is 1. The van der Waals surface area contributed by atoms with Crippen LogP contribution < -0.4 is 10.8 Å². The molecule has 0 heterocycles. The Bertz CT molecular complexity index is 705. The van der Waals surface area contributed by atoms with Crippen LogP contribution in [0.15, 0.2) is 0 Å². The maximum absolute atomic E-state index is 12.7. The van der Waals surface area contributed by atoms with Crippen molar-refractivity contribution in [3.8, 4) is 0 Å². The topological polar surface area (TPSA) is 174 Å². The molecule has 0 aromatic heterocycles. The van der Waals surface area contributed by atoms with E-state index in [9.17, 15) is 19.6 Å². The summed E-state index contributed by atoms with van der Waals surface area (Å²) in [7, 11) is -4.22. The Labute approximate surface area is 280 Å². The van der Waals surface area contributed by atoms with Crippen molar-refractivity contribution in [2.24, 2.45) is 0 Å². The van der Waals surface area contributed by atoms with Gasteiger partial charge in [-0.1, -0.05) is 142 Å². The number of quaternary nitrogens is 1. The number of aliphatic hydroxyl groups is 2. The molecule has 0 saturated carbocycles. The quantitative estimate of drug-likeness (QED) is 0.0222. The van der Waals surface area contributed by atoms with Crippen molar-refractivity contribution in [2.45, 2.75) is 180 Å². The Hall–Kier alpha value is -0.910. The van der Waals surface area contributed by atoms with E-state index in [0.717, 1.165) is 38.5 Å². The zero-order valence-electron chi connectivity index (χ0n) is 29.3. The number of ether oxygens (including phenoxy) is 2. The van der Waals surface area contributed by atoms with Gasteiger partial charge in [-0.25, -0.2) is 0 Å². The van der Waals surface area contributed by atoms with Crippen LogP contribution in [0, 0.1) is 0 Å². The maximum Gasteiger partial charge on any atom is 0.574 e. The number of esters is 2. The lowest BCUT2D eigenvalue weighted by Crippen LogP contribution is -2.51. The van der Waals surface area contributed by atoms with Crippen LogP contribution in [0.5, 0.6) is 0 Å². The minimum atomic E-state index is -4.22. The van der Waals surface area contributed by atoms with Crippen molar-refractivity contribution >= 4 is 20.1 Å². The molecule has 0 spiro atoms. The van der Waals surface area contributed by atoms with Crippen LogP contribution in [0.2, 0.25) is 0 Å². The van der Waals surface area contributed by atoms with Gasteiger partial charge in [-0.2, -0.15) is 14.9 Å². The van der Waals surface area contributed by atoms with Gasteiger partial charge in [0, 0.05) is 11.2 Å². The number of hydrogen-bond donors (Lipinski definition) is 3. The molecular formula is C34H69NO10P+2. The second-order valence-corrected chi connectivity index (χ2v) is 14.0. The van der Waals surface area contributed by atoms with Gasteiger partial charge in [-0.05, 0) is 17.5 Å². The van der Waals surface area contributed by atoms with Crippen molar-refractivity contribution in [3.63, 3.8) is 0 Å². The highest BCUT2D eigenvalue weighted by atomic mass is 31.2. The van der Waals surface area contributed by atoms with Gasteiger partial charge in [-0.3, -0.25) is 4.79 Å². The Kier molecular flexibility index (Phi) is 32.0. The molecule has 0 rings (SSSR count). The van der Waals surface area contributed by atoms with Crippen molar-refractivity contribution < 1.29 is 53.7 Å². The first kappa shape index (κ1) is 45.1. The average Bonchev–Trinajstić information content (AvgIpc) is 3.06. The molecule has 0 aliphatic carbocycles. The fourth-order valence-electron chi connectivity index (χ4n) is 5.00. The predicted octanol–water partition coefficient (Wildman–Crippen LogP) is 6.44. The molecule has 0 aromatic carbocycles.